The Labute approximate surface area is 125 Å². The predicted octanol–water partition coefficient (Wildman–Crippen LogP) is 2.31. The van der Waals surface area contributed by atoms with Gasteiger partial charge in [0.2, 0.25) is 0 Å². The summed E-state index contributed by atoms with van der Waals surface area (Å²) in [5.41, 5.74) is 5.35. The van der Waals surface area contributed by atoms with Crippen LogP contribution in [0.25, 0.3) is 10.9 Å². The Balaban J connectivity index is 2.53. The molecule has 0 bridgehead atoms. The molecule has 2 aromatic rings. The van der Waals surface area contributed by atoms with Gasteiger partial charge >= 0.3 is 5.97 Å². The Bertz CT molecular complexity index is 679. The van der Waals surface area contributed by atoms with Crippen molar-refractivity contribution in [1.29, 1.82) is 0 Å². The fourth-order valence-corrected chi connectivity index (χ4v) is 2.58. The summed E-state index contributed by atoms with van der Waals surface area (Å²) < 4.78 is 18.8. The SMILES string of the molecule is CCOC(=O)c1cnc2c(F)cc(SCCN)cc2c1O. The first-order valence-corrected chi connectivity index (χ1v) is 7.38. The number of hydrogen-bond acceptors (Lipinski definition) is 6. The average Bonchev–Trinajstić information content (AvgIpc) is 2.46. The normalized spacial score (nSPS) is 10.8. The van der Waals surface area contributed by atoms with Gasteiger partial charge in [-0.25, -0.2) is 9.18 Å². The van der Waals surface area contributed by atoms with Crippen molar-refractivity contribution in [2.45, 2.75) is 11.8 Å². The number of nitrogens with zero attached hydrogens (tertiary/aromatic N) is 1. The molecular weight excluding hydrogens is 295 g/mol. The van der Waals surface area contributed by atoms with Crippen LogP contribution in [0.3, 0.4) is 0 Å². The van der Waals surface area contributed by atoms with E-state index in [9.17, 15) is 14.3 Å². The minimum atomic E-state index is -0.690. The summed E-state index contributed by atoms with van der Waals surface area (Å²) in [5.74, 6) is -0.952. The minimum absolute atomic E-state index is 0.0117. The van der Waals surface area contributed by atoms with Gasteiger partial charge in [-0.3, -0.25) is 4.98 Å². The zero-order valence-corrected chi connectivity index (χ0v) is 12.2. The smallest absolute Gasteiger partial charge is 0.343 e. The third-order valence-corrected chi connectivity index (χ3v) is 3.76. The van der Waals surface area contributed by atoms with Crippen molar-refractivity contribution in [3.05, 3.63) is 29.7 Å². The number of nitrogens with two attached hydrogens (primary N) is 1. The summed E-state index contributed by atoms with van der Waals surface area (Å²) in [6.45, 7) is 2.29. The number of hydrogen-bond donors (Lipinski definition) is 2. The van der Waals surface area contributed by atoms with Gasteiger partial charge in [-0.15, -0.1) is 11.8 Å². The maximum absolute atomic E-state index is 14.0. The highest BCUT2D eigenvalue weighted by Gasteiger charge is 2.18. The van der Waals surface area contributed by atoms with E-state index in [1.165, 1.54) is 17.8 Å². The van der Waals surface area contributed by atoms with Gasteiger partial charge < -0.3 is 15.6 Å². The van der Waals surface area contributed by atoms with Crippen LogP contribution < -0.4 is 5.73 Å². The number of carbonyl (C=O) groups excluding carboxylic acids is 1. The molecule has 0 saturated carbocycles. The third kappa shape index (κ3) is 3.25. The van der Waals surface area contributed by atoms with Crippen LogP contribution in [0.4, 0.5) is 4.39 Å². The molecule has 0 aliphatic heterocycles. The van der Waals surface area contributed by atoms with E-state index >= 15 is 0 Å². The van der Waals surface area contributed by atoms with Crippen molar-refractivity contribution in [2.24, 2.45) is 5.73 Å². The number of carbonyl (C=O) groups is 1. The molecule has 0 unspecified atom stereocenters. The molecule has 5 nitrogen and oxygen atoms in total. The van der Waals surface area contributed by atoms with E-state index in [0.29, 0.717) is 17.2 Å². The molecule has 7 heteroatoms. The molecule has 0 fully saturated rings. The highest BCUT2D eigenvalue weighted by atomic mass is 32.2. The molecule has 0 spiro atoms. The van der Waals surface area contributed by atoms with Crippen molar-refractivity contribution in [3.63, 3.8) is 0 Å². The summed E-state index contributed by atoms with van der Waals surface area (Å²) in [4.78, 5) is 16.2. The standard InChI is InChI=1S/C14H15FN2O3S/c1-2-20-14(19)10-7-17-12-9(13(10)18)5-8(6-11(12)15)21-4-3-16/h5-7H,2-4,16H2,1H3,(H,17,18). The molecule has 1 aromatic carbocycles. The Kier molecular flexibility index (Phi) is 4.98. The van der Waals surface area contributed by atoms with Crippen LogP contribution in [0.5, 0.6) is 5.75 Å². The van der Waals surface area contributed by atoms with E-state index in [4.69, 9.17) is 10.5 Å². The lowest BCUT2D eigenvalue weighted by Crippen LogP contribution is -2.06. The molecule has 112 valence electrons. The number of benzene rings is 1. The zero-order chi connectivity index (χ0) is 15.4. The van der Waals surface area contributed by atoms with E-state index in [2.05, 4.69) is 4.98 Å². The van der Waals surface area contributed by atoms with Crippen LogP contribution in [0.1, 0.15) is 17.3 Å². The van der Waals surface area contributed by atoms with Crippen molar-refractivity contribution in [3.8, 4) is 5.75 Å². The van der Waals surface area contributed by atoms with E-state index in [-0.39, 0.29) is 28.8 Å². The van der Waals surface area contributed by atoms with Gasteiger partial charge in [-0.05, 0) is 19.1 Å². The second-order valence-corrected chi connectivity index (χ2v) is 5.35. The number of fused-ring (bicyclic) bond motifs is 1. The van der Waals surface area contributed by atoms with E-state index < -0.39 is 11.8 Å². The molecule has 1 aromatic heterocycles. The minimum Gasteiger partial charge on any atom is -0.506 e. The Morgan fingerprint density at radius 2 is 2.29 bits per heavy atom. The summed E-state index contributed by atoms with van der Waals surface area (Å²) in [5, 5.41) is 10.4. The highest BCUT2D eigenvalue weighted by Crippen LogP contribution is 2.32. The molecule has 3 N–H and O–H groups in total. The first kappa shape index (κ1) is 15.5. The number of thioether (sulfide) groups is 1. The van der Waals surface area contributed by atoms with Crippen molar-refractivity contribution < 1.29 is 19.0 Å². The molecule has 0 atom stereocenters. The molecule has 2 rings (SSSR count). The second-order valence-electron chi connectivity index (χ2n) is 4.18. The van der Waals surface area contributed by atoms with Crippen molar-refractivity contribution >= 4 is 28.6 Å². The summed E-state index contributed by atoms with van der Waals surface area (Å²) in [6, 6.07) is 2.92. The van der Waals surface area contributed by atoms with Gasteiger partial charge in [0.15, 0.2) is 5.82 Å². The Morgan fingerprint density at radius 3 is 2.95 bits per heavy atom. The average molecular weight is 310 g/mol. The van der Waals surface area contributed by atoms with Crippen LogP contribution in [-0.4, -0.2) is 35.0 Å². The molecule has 0 aliphatic carbocycles. The summed E-state index contributed by atoms with van der Waals surface area (Å²) in [7, 11) is 0. The molecule has 1 heterocycles. The van der Waals surface area contributed by atoms with Gasteiger partial charge in [0.1, 0.15) is 16.8 Å². The molecule has 0 radical (unpaired) electrons. The van der Waals surface area contributed by atoms with Gasteiger partial charge in [0.25, 0.3) is 0 Å². The van der Waals surface area contributed by atoms with E-state index in [0.717, 1.165) is 6.20 Å². The zero-order valence-electron chi connectivity index (χ0n) is 11.4. The fraction of sp³-hybridized carbons (Fsp3) is 0.286. The monoisotopic (exact) mass is 310 g/mol. The van der Waals surface area contributed by atoms with Crippen LogP contribution in [-0.2, 0) is 4.74 Å². The molecule has 0 saturated heterocycles. The topological polar surface area (TPSA) is 85.4 Å². The van der Waals surface area contributed by atoms with E-state index in [1.54, 1.807) is 13.0 Å². The Hall–Kier alpha value is -1.86. The van der Waals surface area contributed by atoms with Gasteiger partial charge in [0, 0.05) is 28.8 Å². The second kappa shape index (κ2) is 6.73. The number of aromatic nitrogens is 1. The van der Waals surface area contributed by atoms with Crippen LogP contribution in [0.2, 0.25) is 0 Å². The van der Waals surface area contributed by atoms with Gasteiger partial charge in [0.05, 0.1) is 6.61 Å². The molecular formula is C14H15FN2O3S. The quantitative estimate of drug-likeness (QED) is 0.651. The van der Waals surface area contributed by atoms with Gasteiger partial charge in [-0.2, -0.15) is 0 Å². The molecule has 0 amide bonds. The predicted molar refractivity (Wildman–Crippen MR) is 79.1 cm³/mol. The number of rotatable bonds is 5. The third-order valence-electron chi connectivity index (χ3n) is 2.75. The summed E-state index contributed by atoms with van der Waals surface area (Å²) in [6.07, 6.45) is 1.12. The Morgan fingerprint density at radius 1 is 1.52 bits per heavy atom. The lowest BCUT2D eigenvalue weighted by Gasteiger charge is -2.09. The molecule has 0 aliphatic rings. The maximum atomic E-state index is 14.0. The number of ether oxygens (including phenoxy) is 1. The summed E-state index contributed by atoms with van der Waals surface area (Å²) >= 11 is 1.36. The number of esters is 1. The highest BCUT2D eigenvalue weighted by molar-refractivity contribution is 7.99. The number of aromatic hydroxyl groups is 1. The lowest BCUT2D eigenvalue weighted by atomic mass is 10.1. The van der Waals surface area contributed by atoms with Crippen LogP contribution in [0.15, 0.2) is 23.2 Å². The van der Waals surface area contributed by atoms with Crippen molar-refractivity contribution in [2.75, 3.05) is 18.9 Å². The number of halogens is 1. The van der Waals surface area contributed by atoms with Gasteiger partial charge in [-0.1, -0.05) is 0 Å². The van der Waals surface area contributed by atoms with Crippen LogP contribution in [0, 0.1) is 5.82 Å². The maximum Gasteiger partial charge on any atom is 0.343 e. The number of pyridine rings is 1. The largest absolute Gasteiger partial charge is 0.506 e. The lowest BCUT2D eigenvalue weighted by molar-refractivity contribution is 0.0523. The first-order chi connectivity index (χ1) is 10.1. The van der Waals surface area contributed by atoms with Crippen LogP contribution >= 0.6 is 11.8 Å². The first-order valence-electron chi connectivity index (χ1n) is 6.39. The fourth-order valence-electron chi connectivity index (χ4n) is 1.84. The molecule has 21 heavy (non-hydrogen) atoms. The van der Waals surface area contributed by atoms with Crippen molar-refractivity contribution in [1.82, 2.24) is 4.98 Å². The van der Waals surface area contributed by atoms with E-state index in [1.807, 2.05) is 0 Å².